The van der Waals surface area contributed by atoms with Crippen molar-refractivity contribution in [2.45, 2.75) is 33.7 Å². The van der Waals surface area contributed by atoms with Crippen molar-refractivity contribution >= 4 is 29.1 Å². The second kappa shape index (κ2) is 5.77. The minimum Gasteiger partial charge on any atom is -0.286 e. The molecule has 0 saturated heterocycles. The molecule has 1 rings (SSSR count). The largest absolute Gasteiger partial charge is 0.286 e. The smallest absolute Gasteiger partial charge is 0.276 e. The van der Waals surface area contributed by atoms with Gasteiger partial charge in [-0.25, -0.2) is 10.4 Å². The summed E-state index contributed by atoms with van der Waals surface area (Å²) in [4.78, 5) is 16.6. The molecule has 0 bridgehead atoms. The van der Waals surface area contributed by atoms with E-state index in [0.29, 0.717) is 0 Å². The Kier molecular flexibility index (Phi) is 4.64. The fourth-order valence-corrected chi connectivity index (χ4v) is 1.92. The Bertz CT molecular complexity index is 376. The molecule has 1 heterocycles. The third kappa shape index (κ3) is 3.75. The van der Waals surface area contributed by atoms with Gasteiger partial charge in [0.05, 0.1) is 11.9 Å². The third-order valence-corrected chi connectivity index (χ3v) is 2.93. The second-order valence-corrected chi connectivity index (χ2v) is 4.95. The number of nitrogens with zero attached hydrogens (tertiary/aromatic N) is 1. The number of hydrazine groups is 1. The maximum absolute atomic E-state index is 11.3. The molecule has 1 amide bonds. The molecule has 0 aromatic carbocycles. The maximum atomic E-state index is 11.3. The van der Waals surface area contributed by atoms with Gasteiger partial charge in [-0.2, -0.15) is 0 Å². The molecule has 0 radical (unpaired) electrons. The van der Waals surface area contributed by atoms with Crippen molar-refractivity contribution in [2.75, 3.05) is 0 Å². The van der Waals surface area contributed by atoms with Crippen LogP contribution in [0.3, 0.4) is 0 Å². The molecule has 0 aliphatic carbocycles. The molecule has 1 aromatic heterocycles. The summed E-state index contributed by atoms with van der Waals surface area (Å²) in [6, 6.07) is 0.210. The lowest BCUT2D eigenvalue weighted by atomic mass is 10.3. The summed E-state index contributed by atoms with van der Waals surface area (Å²) in [5, 5.41) is 2.03. The Morgan fingerprint density at radius 1 is 1.50 bits per heavy atom. The Morgan fingerprint density at radius 2 is 2.19 bits per heavy atom. The van der Waals surface area contributed by atoms with Crippen molar-refractivity contribution in [1.82, 2.24) is 10.9 Å². The fraction of sp³-hybridized carbons (Fsp3) is 0.455. The summed E-state index contributed by atoms with van der Waals surface area (Å²) in [7, 11) is 0. The highest BCUT2D eigenvalue weighted by atomic mass is 32.1. The predicted molar refractivity (Wildman–Crippen MR) is 68.4 cm³/mol. The van der Waals surface area contributed by atoms with Crippen LogP contribution >= 0.6 is 11.3 Å². The van der Waals surface area contributed by atoms with Crippen LogP contribution < -0.4 is 10.9 Å². The first-order valence-corrected chi connectivity index (χ1v) is 6.03. The molecule has 4 nitrogen and oxygen atoms in total. The number of hydrogen-bond acceptors (Lipinski definition) is 4. The molecule has 0 fully saturated rings. The molecule has 0 spiro atoms. The Morgan fingerprint density at radius 3 is 2.69 bits per heavy atom. The van der Waals surface area contributed by atoms with Gasteiger partial charge in [0.25, 0.3) is 5.91 Å². The molecule has 1 aromatic rings. The highest BCUT2D eigenvalue weighted by Crippen LogP contribution is 2.28. The van der Waals surface area contributed by atoms with E-state index < -0.39 is 0 Å². The number of carbonyl (C=O) groups excluding carboxylic acids is 1. The monoisotopic (exact) mass is 239 g/mol. The van der Waals surface area contributed by atoms with Gasteiger partial charge in [0.1, 0.15) is 0 Å². The van der Waals surface area contributed by atoms with Crippen LogP contribution in [0.2, 0.25) is 0 Å². The Labute approximate surface area is 99.8 Å². The molecule has 88 valence electrons. The first-order valence-electron chi connectivity index (χ1n) is 5.15. The maximum Gasteiger partial charge on any atom is 0.276 e. The normalized spacial score (nSPS) is 11.3. The van der Waals surface area contributed by atoms with E-state index >= 15 is 0 Å². The highest BCUT2D eigenvalue weighted by molar-refractivity contribution is 7.10. The van der Waals surface area contributed by atoms with Crippen LogP contribution in [0.5, 0.6) is 0 Å². The minimum absolute atomic E-state index is 0.210. The lowest BCUT2D eigenvalue weighted by Crippen LogP contribution is -2.42. The zero-order valence-electron chi connectivity index (χ0n) is 10.00. The van der Waals surface area contributed by atoms with Gasteiger partial charge in [-0.1, -0.05) is 0 Å². The van der Waals surface area contributed by atoms with Crippen LogP contribution in [0.15, 0.2) is 10.4 Å². The summed E-state index contributed by atoms with van der Waals surface area (Å²) in [5.74, 6) is -0.237. The van der Waals surface area contributed by atoms with Crippen molar-refractivity contribution in [1.29, 1.82) is 0 Å². The van der Waals surface area contributed by atoms with E-state index in [1.54, 1.807) is 11.3 Å². The molecule has 5 heteroatoms. The van der Waals surface area contributed by atoms with Gasteiger partial charge in [-0.15, -0.1) is 11.3 Å². The average Bonchev–Trinajstić information content (AvgIpc) is 2.53. The average molecular weight is 239 g/mol. The van der Waals surface area contributed by atoms with Crippen LogP contribution in [-0.2, 0) is 4.79 Å². The predicted octanol–water partition coefficient (Wildman–Crippen LogP) is 2.10. The summed E-state index contributed by atoms with van der Waals surface area (Å²) >= 11 is 1.64. The molecular formula is C11H17N3OS. The van der Waals surface area contributed by atoms with Gasteiger partial charge >= 0.3 is 0 Å². The lowest BCUT2D eigenvalue weighted by molar-refractivity contribution is -0.115. The van der Waals surface area contributed by atoms with E-state index in [4.69, 9.17) is 0 Å². The van der Waals surface area contributed by atoms with Crippen LogP contribution in [0.1, 0.15) is 24.3 Å². The van der Waals surface area contributed by atoms with Gasteiger partial charge in [0, 0.05) is 10.9 Å². The first-order chi connectivity index (χ1) is 7.50. The summed E-state index contributed by atoms with van der Waals surface area (Å²) in [6.07, 6.45) is 1.30. The van der Waals surface area contributed by atoms with E-state index in [2.05, 4.69) is 15.8 Å². The number of aliphatic imine (C=N–C) groups is 1. The summed E-state index contributed by atoms with van der Waals surface area (Å²) < 4.78 is 0. The lowest BCUT2D eigenvalue weighted by Gasteiger charge is -2.06. The van der Waals surface area contributed by atoms with Crippen molar-refractivity contribution in [2.24, 2.45) is 4.99 Å². The molecule has 0 atom stereocenters. The summed E-state index contributed by atoms with van der Waals surface area (Å²) in [6.45, 7) is 7.88. The zero-order valence-corrected chi connectivity index (χ0v) is 10.8. The molecule has 2 N–H and O–H groups in total. The quantitative estimate of drug-likeness (QED) is 0.624. The molecule has 0 aliphatic rings. The number of hydrogen-bond donors (Lipinski definition) is 2. The van der Waals surface area contributed by atoms with E-state index in [1.807, 2.05) is 33.1 Å². The second-order valence-electron chi connectivity index (χ2n) is 3.87. The first kappa shape index (κ1) is 12.9. The minimum atomic E-state index is -0.237. The fourth-order valence-electron chi connectivity index (χ4n) is 1.13. The Balaban J connectivity index is 2.57. The number of amides is 1. The number of thiophene rings is 1. The number of aryl methyl sites for hydroxylation is 2. The van der Waals surface area contributed by atoms with Crippen molar-refractivity contribution < 1.29 is 4.79 Å². The third-order valence-electron chi connectivity index (χ3n) is 1.91. The zero-order chi connectivity index (χ0) is 12.1. The van der Waals surface area contributed by atoms with E-state index in [-0.39, 0.29) is 11.9 Å². The summed E-state index contributed by atoms with van der Waals surface area (Å²) in [5.41, 5.74) is 7.36. The molecule has 0 saturated carbocycles. The molecular weight excluding hydrogens is 222 g/mol. The highest BCUT2D eigenvalue weighted by Gasteiger charge is 2.03. The van der Waals surface area contributed by atoms with E-state index in [1.165, 1.54) is 6.21 Å². The number of nitrogens with one attached hydrogen (secondary N) is 2. The number of rotatable bonds is 4. The van der Waals surface area contributed by atoms with Gasteiger partial charge in [0.15, 0.2) is 0 Å². The van der Waals surface area contributed by atoms with Crippen molar-refractivity contribution in [3.05, 3.63) is 15.8 Å². The Hall–Kier alpha value is -1.20. The van der Waals surface area contributed by atoms with E-state index in [9.17, 15) is 4.79 Å². The van der Waals surface area contributed by atoms with Crippen LogP contribution in [0, 0.1) is 13.8 Å². The standard InChI is InChI=1S/C11H17N3OS/c1-7(2)13-14-10(15)5-12-11-8(3)6-16-9(11)4/h5-7,13H,1-4H3,(H,14,15). The van der Waals surface area contributed by atoms with Gasteiger partial charge in [-0.05, 0) is 38.6 Å². The molecule has 0 unspecified atom stereocenters. The topological polar surface area (TPSA) is 53.5 Å². The van der Waals surface area contributed by atoms with Gasteiger partial charge in [0.2, 0.25) is 0 Å². The van der Waals surface area contributed by atoms with Gasteiger partial charge < -0.3 is 0 Å². The molecule has 16 heavy (non-hydrogen) atoms. The van der Waals surface area contributed by atoms with Crippen LogP contribution in [-0.4, -0.2) is 18.2 Å². The SMILES string of the molecule is Cc1csc(C)c1N=CC(=O)NNC(C)C. The van der Waals surface area contributed by atoms with Crippen LogP contribution in [0.25, 0.3) is 0 Å². The van der Waals surface area contributed by atoms with E-state index in [0.717, 1.165) is 16.1 Å². The van der Waals surface area contributed by atoms with Crippen LogP contribution in [0.4, 0.5) is 5.69 Å². The molecule has 0 aliphatic heterocycles. The number of carbonyl (C=O) groups is 1. The van der Waals surface area contributed by atoms with Gasteiger partial charge in [-0.3, -0.25) is 10.2 Å². The van der Waals surface area contributed by atoms with Crippen molar-refractivity contribution in [3.63, 3.8) is 0 Å². The van der Waals surface area contributed by atoms with Crippen molar-refractivity contribution in [3.8, 4) is 0 Å².